The van der Waals surface area contributed by atoms with E-state index in [1.807, 2.05) is 0 Å². The molecule has 0 amide bonds. The van der Waals surface area contributed by atoms with Crippen LogP contribution in [0.15, 0.2) is 0 Å². The molecule has 0 aromatic heterocycles. The average molecular weight is 205 g/mol. The van der Waals surface area contributed by atoms with Crippen LogP contribution in [-0.2, 0) is 15.7 Å². The summed E-state index contributed by atoms with van der Waals surface area (Å²) in [4.78, 5) is 0. The summed E-state index contributed by atoms with van der Waals surface area (Å²) in [5.41, 5.74) is -0.0555. The molecule has 0 radical (unpaired) electrons. The minimum atomic E-state index is -1.22. The van der Waals surface area contributed by atoms with Crippen LogP contribution in [0.2, 0.25) is 0 Å². The van der Waals surface area contributed by atoms with Crippen LogP contribution in [0.3, 0.4) is 0 Å². The highest BCUT2D eigenvalue weighted by molar-refractivity contribution is 7.82. The molecule has 0 spiro atoms. The van der Waals surface area contributed by atoms with Crippen molar-refractivity contribution in [3.63, 3.8) is 0 Å². The Morgan fingerprint density at radius 2 is 2.23 bits per heavy atom. The van der Waals surface area contributed by atoms with Crippen molar-refractivity contribution in [2.45, 2.75) is 39.2 Å². The van der Waals surface area contributed by atoms with Crippen LogP contribution in [0.1, 0.15) is 33.1 Å². The smallest absolute Gasteiger partial charge is 0.0894 e. The van der Waals surface area contributed by atoms with Crippen molar-refractivity contribution in [3.8, 4) is 0 Å². The van der Waals surface area contributed by atoms with E-state index in [0.717, 1.165) is 19.4 Å². The molecule has 1 aliphatic rings. The Hall–Kier alpha value is 0.0700. The molecule has 0 saturated carbocycles. The quantitative estimate of drug-likeness (QED) is 0.753. The fraction of sp³-hybridized carbons (Fsp3) is 1.00. The molecule has 1 heterocycles. The second kappa shape index (κ2) is 4.53. The maximum absolute atomic E-state index is 10.9. The molecule has 78 valence electrons. The van der Waals surface area contributed by atoms with E-state index in [2.05, 4.69) is 13.8 Å². The summed E-state index contributed by atoms with van der Waals surface area (Å²) in [5, 5.41) is 5.30. The van der Waals surface area contributed by atoms with Gasteiger partial charge in [0, 0.05) is 17.8 Å². The van der Waals surface area contributed by atoms with Gasteiger partial charge in [-0.3, -0.25) is 5.14 Å². The molecule has 3 nitrogen and oxygen atoms in total. The van der Waals surface area contributed by atoms with Gasteiger partial charge >= 0.3 is 0 Å². The number of hydrogen-bond donors (Lipinski definition) is 1. The van der Waals surface area contributed by atoms with Gasteiger partial charge < -0.3 is 4.74 Å². The Balaban J connectivity index is 2.50. The van der Waals surface area contributed by atoms with E-state index in [4.69, 9.17) is 9.88 Å². The average Bonchev–Trinajstić information content (AvgIpc) is 2.04. The van der Waals surface area contributed by atoms with Crippen LogP contribution < -0.4 is 5.14 Å². The molecule has 1 fully saturated rings. The second-order valence-corrected chi connectivity index (χ2v) is 5.42. The minimum Gasteiger partial charge on any atom is -0.378 e. The Morgan fingerprint density at radius 1 is 1.54 bits per heavy atom. The zero-order valence-electron chi connectivity index (χ0n) is 8.41. The second-order valence-electron chi connectivity index (χ2n) is 4.37. The summed E-state index contributed by atoms with van der Waals surface area (Å²) in [6.07, 6.45) is 3.67. The summed E-state index contributed by atoms with van der Waals surface area (Å²) >= 11 is 0. The first kappa shape index (κ1) is 11.1. The molecule has 2 unspecified atom stereocenters. The maximum Gasteiger partial charge on any atom is 0.0894 e. The molecule has 1 saturated heterocycles. The van der Waals surface area contributed by atoms with E-state index in [1.54, 1.807) is 0 Å². The summed E-state index contributed by atoms with van der Waals surface area (Å²) in [5.74, 6) is 0.525. The van der Waals surface area contributed by atoms with E-state index in [-0.39, 0.29) is 11.5 Å². The van der Waals surface area contributed by atoms with Gasteiger partial charge in [0.05, 0.1) is 17.1 Å². The maximum atomic E-state index is 10.9. The molecular formula is C9H19NO2S. The zero-order chi connectivity index (χ0) is 9.90. The Kier molecular flexibility index (Phi) is 3.88. The predicted molar refractivity (Wildman–Crippen MR) is 54.6 cm³/mol. The Labute approximate surface area is 82.6 Å². The summed E-state index contributed by atoms with van der Waals surface area (Å²) in [6, 6.07) is 0. The molecule has 2 N–H and O–H groups in total. The molecule has 0 aliphatic carbocycles. The lowest BCUT2D eigenvalue weighted by atomic mass is 9.84. The number of nitrogens with two attached hydrogens (primary N) is 1. The monoisotopic (exact) mass is 205 g/mol. The number of ether oxygens (including phenoxy) is 1. The van der Waals surface area contributed by atoms with Gasteiger partial charge in [-0.1, -0.05) is 13.8 Å². The SMILES string of the molecule is CC(C)(CS(N)=O)C1CCCCO1. The predicted octanol–water partition coefficient (Wildman–Crippen LogP) is 1.20. The Morgan fingerprint density at radius 3 is 2.69 bits per heavy atom. The van der Waals surface area contributed by atoms with Crippen LogP contribution in [0.25, 0.3) is 0 Å². The van der Waals surface area contributed by atoms with Crippen molar-refractivity contribution < 1.29 is 8.95 Å². The van der Waals surface area contributed by atoms with Crippen molar-refractivity contribution in [3.05, 3.63) is 0 Å². The van der Waals surface area contributed by atoms with E-state index < -0.39 is 11.0 Å². The lowest BCUT2D eigenvalue weighted by Gasteiger charge is -2.36. The molecule has 0 bridgehead atoms. The number of hydrogen-bond acceptors (Lipinski definition) is 2. The topological polar surface area (TPSA) is 52.3 Å². The molecule has 0 aromatic rings. The normalized spacial score (nSPS) is 27.2. The first-order valence-corrected chi connectivity index (χ1v) is 6.15. The van der Waals surface area contributed by atoms with Gasteiger partial charge in [-0.2, -0.15) is 0 Å². The molecule has 2 atom stereocenters. The van der Waals surface area contributed by atoms with E-state index in [0.29, 0.717) is 5.75 Å². The van der Waals surface area contributed by atoms with Gasteiger partial charge in [-0.05, 0) is 19.3 Å². The minimum absolute atomic E-state index is 0.0555. The summed E-state index contributed by atoms with van der Waals surface area (Å²) in [7, 11) is -1.22. The van der Waals surface area contributed by atoms with Crippen molar-refractivity contribution in [2.24, 2.45) is 10.6 Å². The third-order valence-electron chi connectivity index (χ3n) is 2.57. The van der Waals surface area contributed by atoms with Crippen molar-refractivity contribution >= 4 is 11.0 Å². The van der Waals surface area contributed by atoms with Gasteiger partial charge in [0.2, 0.25) is 0 Å². The lowest BCUT2D eigenvalue weighted by molar-refractivity contribution is -0.0458. The van der Waals surface area contributed by atoms with Crippen LogP contribution in [0.5, 0.6) is 0 Å². The molecule has 13 heavy (non-hydrogen) atoms. The van der Waals surface area contributed by atoms with Crippen LogP contribution in [0, 0.1) is 5.41 Å². The van der Waals surface area contributed by atoms with Gasteiger partial charge in [0.25, 0.3) is 0 Å². The molecule has 4 heteroatoms. The van der Waals surface area contributed by atoms with Gasteiger partial charge in [0.1, 0.15) is 0 Å². The number of rotatable bonds is 3. The van der Waals surface area contributed by atoms with Gasteiger partial charge in [0.15, 0.2) is 0 Å². The van der Waals surface area contributed by atoms with Gasteiger partial charge in [-0.15, -0.1) is 0 Å². The summed E-state index contributed by atoms with van der Waals surface area (Å²) in [6.45, 7) is 4.99. The van der Waals surface area contributed by atoms with Crippen molar-refractivity contribution in [1.82, 2.24) is 0 Å². The van der Waals surface area contributed by atoms with Crippen LogP contribution in [0.4, 0.5) is 0 Å². The largest absolute Gasteiger partial charge is 0.378 e. The van der Waals surface area contributed by atoms with Crippen molar-refractivity contribution in [2.75, 3.05) is 12.4 Å². The Bertz CT molecular complexity index is 188. The van der Waals surface area contributed by atoms with Gasteiger partial charge in [-0.25, -0.2) is 4.21 Å². The third kappa shape index (κ3) is 3.37. The highest BCUT2D eigenvalue weighted by atomic mass is 32.2. The molecule has 0 aromatic carbocycles. The lowest BCUT2D eigenvalue weighted by Crippen LogP contribution is -2.39. The first-order chi connectivity index (χ1) is 6.02. The third-order valence-corrected chi connectivity index (χ3v) is 3.59. The van der Waals surface area contributed by atoms with Crippen LogP contribution in [-0.4, -0.2) is 22.7 Å². The van der Waals surface area contributed by atoms with E-state index in [1.165, 1.54) is 6.42 Å². The molecule has 1 rings (SSSR count). The fourth-order valence-corrected chi connectivity index (χ4v) is 2.74. The molecule has 1 aliphatic heterocycles. The van der Waals surface area contributed by atoms with Crippen LogP contribution >= 0.6 is 0 Å². The van der Waals surface area contributed by atoms with Crippen molar-refractivity contribution in [1.29, 1.82) is 0 Å². The first-order valence-electron chi connectivity index (χ1n) is 4.77. The van der Waals surface area contributed by atoms with E-state index in [9.17, 15) is 4.21 Å². The zero-order valence-corrected chi connectivity index (χ0v) is 9.23. The molecular weight excluding hydrogens is 186 g/mol. The van der Waals surface area contributed by atoms with E-state index >= 15 is 0 Å². The summed E-state index contributed by atoms with van der Waals surface area (Å²) < 4.78 is 16.6. The standard InChI is InChI=1S/C9H19NO2S/c1-9(2,7-13(10)11)8-5-3-4-6-12-8/h8H,3-7,10H2,1-2H3. The highest BCUT2D eigenvalue weighted by Crippen LogP contribution is 2.30. The fourth-order valence-electron chi connectivity index (χ4n) is 1.82. The highest BCUT2D eigenvalue weighted by Gasteiger charge is 2.32.